The number of hydrogen-bond donors (Lipinski definition) is 1. The van der Waals surface area contributed by atoms with Gasteiger partial charge >= 0.3 is 0 Å². The third kappa shape index (κ3) is 4.44. The Morgan fingerprint density at radius 1 is 1.21 bits per heavy atom. The first-order valence-corrected chi connectivity index (χ1v) is 10.1. The molecule has 0 spiro atoms. The lowest BCUT2D eigenvalue weighted by atomic mass is 10.1. The number of aromatic nitrogens is 2. The number of hydrogen-bond acceptors (Lipinski definition) is 7. The smallest absolute Gasteiger partial charge is 0.162 e. The summed E-state index contributed by atoms with van der Waals surface area (Å²) in [4.78, 5) is 24.3. The molecule has 0 aliphatic carbocycles. The number of carbonyl (C=O) groups is 1. The van der Waals surface area contributed by atoms with E-state index in [2.05, 4.69) is 15.2 Å². The molecule has 0 amide bonds. The molecule has 1 N–H and O–H groups in total. The fraction of sp³-hybridized carbons (Fsp3) is 0.286. The lowest BCUT2D eigenvalue weighted by Gasteiger charge is -2.26. The third-order valence-electron chi connectivity index (χ3n) is 4.61. The molecule has 1 fully saturated rings. The van der Waals surface area contributed by atoms with Crippen LogP contribution in [0.25, 0.3) is 10.4 Å². The monoisotopic (exact) mass is 394 g/mol. The molecule has 0 unspecified atom stereocenters. The lowest BCUT2D eigenvalue weighted by Crippen LogP contribution is -2.35. The van der Waals surface area contributed by atoms with Crippen molar-refractivity contribution in [3.05, 3.63) is 60.0 Å². The number of thiophene rings is 1. The molecular formula is C21H22N4O2S. The molecule has 3 aromatic heterocycles. The summed E-state index contributed by atoms with van der Waals surface area (Å²) in [5, 5.41) is 4.16. The van der Waals surface area contributed by atoms with Crippen molar-refractivity contribution in [3.8, 4) is 10.4 Å². The first-order chi connectivity index (χ1) is 13.7. The SMILES string of the molecule is CC(=O)c1cc(-c2ccncc2)sc1Nc1cccc(CN2CCOCC2)n1. The fourth-order valence-electron chi connectivity index (χ4n) is 3.15. The van der Waals surface area contributed by atoms with Crippen LogP contribution < -0.4 is 5.32 Å². The molecule has 7 heteroatoms. The molecule has 1 aliphatic heterocycles. The van der Waals surface area contributed by atoms with E-state index in [4.69, 9.17) is 9.72 Å². The van der Waals surface area contributed by atoms with Gasteiger partial charge in [0.25, 0.3) is 0 Å². The summed E-state index contributed by atoms with van der Waals surface area (Å²) in [7, 11) is 0. The van der Waals surface area contributed by atoms with E-state index in [1.54, 1.807) is 30.7 Å². The van der Waals surface area contributed by atoms with Crippen molar-refractivity contribution >= 4 is 27.9 Å². The van der Waals surface area contributed by atoms with Crippen molar-refractivity contribution in [2.75, 3.05) is 31.6 Å². The number of nitrogens with zero attached hydrogens (tertiary/aromatic N) is 3. The van der Waals surface area contributed by atoms with E-state index in [1.807, 2.05) is 36.4 Å². The molecule has 4 heterocycles. The Bertz CT molecular complexity index is 952. The number of ether oxygens (including phenoxy) is 1. The number of ketones is 1. The van der Waals surface area contributed by atoms with Crippen molar-refractivity contribution < 1.29 is 9.53 Å². The van der Waals surface area contributed by atoms with Gasteiger partial charge in [0.05, 0.1) is 24.5 Å². The maximum atomic E-state index is 12.1. The molecule has 0 bridgehead atoms. The van der Waals surface area contributed by atoms with Crippen LogP contribution in [0.4, 0.5) is 10.8 Å². The van der Waals surface area contributed by atoms with Crippen LogP contribution >= 0.6 is 11.3 Å². The van der Waals surface area contributed by atoms with Gasteiger partial charge in [-0.15, -0.1) is 11.3 Å². The zero-order chi connectivity index (χ0) is 19.3. The minimum absolute atomic E-state index is 0.0310. The van der Waals surface area contributed by atoms with Crippen LogP contribution in [0.5, 0.6) is 0 Å². The quantitative estimate of drug-likeness (QED) is 0.638. The summed E-state index contributed by atoms with van der Waals surface area (Å²) < 4.78 is 5.41. The Kier molecular flexibility index (Phi) is 5.76. The summed E-state index contributed by atoms with van der Waals surface area (Å²) in [5.41, 5.74) is 2.73. The van der Waals surface area contributed by atoms with Crippen LogP contribution in [-0.4, -0.2) is 47.0 Å². The summed E-state index contributed by atoms with van der Waals surface area (Å²) >= 11 is 1.55. The normalized spacial score (nSPS) is 14.8. The molecule has 0 aromatic carbocycles. The first-order valence-electron chi connectivity index (χ1n) is 9.27. The predicted molar refractivity (Wildman–Crippen MR) is 111 cm³/mol. The molecule has 0 saturated carbocycles. The third-order valence-corrected chi connectivity index (χ3v) is 5.71. The Balaban J connectivity index is 1.56. The van der Waals surface area contributed by atoms with Gasteiger partial charge in [-0.1, -0.05) is 6.07 Å². The Labute approximate surface area is 168 Å². The topological polar surface area (TPSA) is 67.4 Å². The number of carbonyl (C=O) groups excluding carboxylic acids is 1. The highest BCUT2D eigenvalue weighted by Crippen LogP contribution is 2.36. The predicted octanol–water partition coefficient (Wildman–Crippen LogP) is 3.98. The summed E-state index contributed by atoms with van der Waals surface area (Å²) in [6.45, 7) is 5.78. The van der Waals surface area contributed by atoms with Crippen molar-refractivity contribution in [2.45, 2.75) is 13.5 Å². The number of anilines is 2. The van der Waals surface area contributed by atoms with Gasteiger partial charge in [-0.3, -0.25) is 14.7 Å². The fourth-order valence-corrected chi connectivity index (χ4v) is 4.26. The second-order valence-electron chi connectivity index (χ2n) is 6.67. The van der Waals surface area contributed by atoms with E-state index in [-0.39, 0.29) is 5.78 Å². The van der Waals surface area contributed by atoms with Crippen molar-refractivity contribution in [3.63, 3.8) is 0 Å². The lowest BCUT2D eigenvalue weighted by molar-refractivity contribution is 0.0337. The zero-order valence-electron chi connectivity index (χ0n) is 15.7. The number of Topliss-reactive ketones (excluding diaryl/α,β-unsaturated/α-hetero) is 1. The standard InChI is InChI=1S/C21H22N4O2S/c1-15(26)18-13-19(16-5-7-22-8-6-16)28-21(18)24-20-4-2-3-17(23-20)14-25-9-11-27-12-10-25/h2-8,13H,9-12,14H2,1H3,(H,23,24). The van der Waals surface area contributed by atoms with Gasteiger partial charge in [0.1, 0.15) is 10.8 Å². The van der Waals surface area contributed by atoms with Crippen LogP contribution in [0.1, 0.15) is 23.0 Å². The van der Waals surface area contributed by atoms with Crippen LogP contribution in [0.2, 0.25) is 0 Å². The molecule has 3 aromatic rings. The van der Waals surface area contributed by atoms with Gasteiger partial charge in [0.2, 0.25) is 0 Å². The summed E-state index contributed by atoms with van der Waals surface area (Å²) in [6.07, 6.45) is 3.51. The van der Waals surface area contributed by atoms with E-state index in [9.17, 15) is 4.79 Å². The maximum absolute atomic E-state index is 12.1. The molecule has 28 heavy (non-hydrogen) atoms. The highest BCUT2D eigenvalue weighted by Gasteiger charge is 2.16. The maximum Gasteiger partial charge on any atom is 0.162 e. The Morgan fingerprint density at radius 3 is 2.75 bits per heavy atom. The highest BCUT2D eigenvalue weighted by molar-refractivity contribution is 7.19. The zero-order valence-corrected chi connectivity index (χ0v) is 16.5. The first kappa shape index (κ1) is 18.7. The van der Waals surface area contributed by atoms with Gasteiger partial charge in [0, 0.05) is 36.9 Å². The highest BCUT2D eigenvalue weighted by atomic mass is 32.1. The Morgan fingerprint density at radius 2 is 2.00 bits per heavy atom. The minimum atomic E-state index is 0.0310. The molecule has 4 rings (SSSR count). The Hall–Kier alpha value is -2.61. The van der Waals surface area contributed by atoms with E-state index >= 15 is 0 Å². The van der Waals surface area contributed by atoms with Gasteiger partial charge in [-0.25, -0.2) is 4.98 Å². The van der Waals surface area contributed by atoms with Gasteiger partial charge < -0.3 is 10.1 Å². The number of rotatable bonds is 6. The van der Waals surface area contributed by atoms with Crippen molar-refractivity contribution in [1.29, 1.82) is 0 Å². The molecule has 0 atom stereocenters. The summed E-state index contributed by atoms with van der Waals surface area (Å²) in [6, 6.07) is 11.8. The number of morpholine rings is 1. The van der Waals surface area contributed by atoms with Crippen LogP contribution in [0.3, 0.4) is 0 Å². The second-order valence-corrected chi connectivity index (χ2v) is 7.73. The molecule has 0 radical (unpaired) electrons. The van der Waals surface area contributed by atoms with E-state index in [1.165, 1.54) is 0 Å². The number of pyridine rings is 2. The van der Waals surface area contributed by atoms with Gasteiger partial charge in [0.15, 0.2) is 5.78 Å². The van der Waals surface area contributed by atoms with Crippen LogP contribution in [0, 0.1) is 0 Å². The van der Waals surface area contributed by atoms with Crippen molar-refractivity contribution in [1.82, 2.24) is 14.9 Å². The van der Waals surface area contributed by atoms with Crippen molar-refractivity contribution in [2.24, 2.45) is 0 Å². The largest absolute Gasteiger partial charge is 0.379 e. The molecular weight excluding hydrogens is 372 g/mol. The number of nitrogens with one attached hydrogen (secondary N) is 1. The van der Waals surface area contributed by atoms with Gasteiger partial charge in [-0.05, 0) is 42.8 Å². The van der Waals surface area contributed by atoms with E-state index < -0.39 is 0 Å². The van der Waals surface area contributed by atoms with Crippen LogP contribution in [-0.2, 0) is 11.3 Å². The average Bonchev–Trinajstić information content (AvgIpc) is 3.14. The molecule has 6 nitrogen and oxygen atoms in total. The minimum Gasteiger partial charge on any atom is -0.379 e. The average molecular weight is 395 g/mol. The molecule has 144 valence electrons. The van der Waals surface area contributed by atoms with E-state index in [0.29, 0.717) is 5.56 Å². The second kappa shape index (κ2) is 8.60. The van der Waals surface area contributed by atoms with Gasteiger partial charge in [-0.2, -0.15) is 0 Å². The molecule has 1 saturated heterocycles. The van der Waals surface area contributed by atoms with E-state index in [0.717, 1.165) is 59.8 Å². The molecule has 1 aliphatic rings. The van der Waals surface area contributed by atoms with Crippen LogP contribution in [0.15, 0.2) is 48.8 Å². The summed E-state index contributed by atoms with van der Waals surface area (Å²) in [5.74, 6) is 0.778.